The Morgan fingerprint density at radius 2 is 2.14 bits per heavy atom. The van der Waals surface area contributed by atoms with E-state index in [1.165, 1.54) is 0 Å². The average Bonchev–Trinajstić information content (AvgIpc) is 2.69. The number of nitrogens with zero attached hydrogens (tertiary/aromatic N) is 4. The van der Waals surface area contributed by atoms with Crippen LogP contribution in [-0.2, 0) is 9.84 Å². The maximum atomic E-state index is 11.7. The van der Waals surface area contributed by atoms with Crippen molar-refractivity contribution in [3.8, 4) is 0 Å². The molecule has 2 rings (SSSR count). The molecule has 1 aromatic heterocycles. The molecule has 1 N–H and O–H groups in total. The van der Waals surface area contributed by atoms with Crippen LogP contribution in [0, 0.1) is 0 Å². The maximum Gasteiger partial charge on any atom is 0.245 e. The maximum absolute atomic E-state index is 11.7. The SMILES string of the molecule is CCN(c1cnnc(NC(C)(C)C)n1)C1CCS(=O)(=O)C1. The summed E-state index contributed by atoms with van der Waals surface area (Å²) in [6.07, 6.45) is 2.23. The first-order valence-corrected chi connectivity index (χ1v) is 8.97. The molecule has 1 fully saturated rings. The standard InChI is InChI=1S/C13H23N5O2S/c1-5-18(10-6-7-21(19,20)9-10)11-8-14-17-12(15-11)16-13(2,3)4/h8,10H,5-7,9H2,1-4H3,(H,15,16,17). The van der Waals surface area contributed by atoms with Gasteiger partial charge >= 0.3 is 0 Å². The Labute approximate surface area is 126 Å². The molecule has 0 spiro atoms. The molecule has 0 aromatic carbocycles. The summed E-state index contributed by atoms with van der Waals surface area (Å²) in [7, 11) is -2.92. The zero-order chi connectivity index (χ0) is 15.7. The molecular weight excluding hydrogens is 290 g/mol. The number of hydrogen-bond acceptors (Lipinski definition) is 7. The van der Waals surface area contributed by atoms with Gasteiger partial charge in [0.25, 0.3) is 0 Å². The van der Waals surface area contributed by atoms with Crippen LogP contribution in [0.25, 0.3) is 0 Å². The molecule has 1 saturated heterocycles. The molecule has 0 amide bonds. The van der Waals surface area contributed by atoms with Gasteiger partial charge in [-0.15, -0.1) is 5.10 Å². The number of rotatable bonds is 4. The molecule has 1 aliphatic heterocycles. The van der Waals surface area contributed by atoms with Crippen molar-refractivity contribution in [3.05, 3.63) is 6.20 Å². The second-order valence-corrected chi connectivity index (χ2v) is 8.58. The van der Waals surface area contributed by atoms with Crippen LogP contribution in [0.5, 0.6) is 0 Å². The molecule has 0 aliphatic carbocycles. The third-order valence-corrected chi connectivity index (χ3v) is 5.07. The summed E-state index contributed by atoms with van der Waals surface area (Å²) in [5.74, 6) is 1.56. The van der Waals surface area contributed by atoms with E-state index in [9.17, 15) is 8.42 Å². The monoisotopic (exact) mass is 313 g/mol. The lowest BCUT2D eigenvalue weighted by molar-refractivity contribution is 0.599. The van der Waals surface area contributed by atoms with Crippen LogP contribution in [-0.4, -0.2) is 53.2 Å². The van der Waals surface area contributed by atoms with Gasteiger partial charge in [-0.25, -0.2) is 8.42 Å². The first-order chi connectivity index (χ1) is 9.70. The normalized spacial score (nSPS) is 21.2. The summed E-state index contributed by atoms with van der Waals surface area (Å²) < 4.78 is 23.3. The Morgan fingerprint density at radius 3 is 2.67 bits per heavy atom. The Hall–Kier alpha value is -1.44. The van der Waals surface area contributed by atoms with E-state index in [1.807, 2.05) is 32.6 Å². The summed E-state index contributed by atoms with van der Waals surface area (Å²) >= 11 is 0. The molecule has 1 atom stereocenters. The van der Waals surface area contributed by atoms with Gasteiger partial charge in [-0.1, -0.05) is 0 Å². The van der Waals surface area contributed by atoms with Crippen molar-refractivity contribution in [2.24, 2.45) is 0 Å². The van der Waals surface area contributed by atoms with Crippen LogP contribution in [0.3, 0.4) is 0 Å². The Bertz CT molecular complexity index is 597. The molecule has 8 heteroatoms. The lowest BCUT2D eigenvalue weighted by Crippen LogP contribution is -2.37. The second kappa shape index (κ2) is 5.75. The highest BCUT2D eigenvalue weighted by atomic mass is 32.2. The Kier molecular flexibility index (Phi) is 4.36. The first-order valence-electron chi connectivity index (χ1n) is 7.15. The van der Waals surface area contributed by atoms with E-state index in [4.69, 9.17) is 0 Å². The van der Waals surface area contributed by atoms with Crippen LogP contribution < -0.4 is 10.2 Å². The van der Waals surface area contributed by atoms with E-state index in [0.29, 0.717) is 24.7 Å². The quantitative estimate of drug-likeness (QED) is 0.890. The molecule has 118 valence electrons. The molecule has 0 saturated carbocycles. The van der Waals surface area contributed by atoms with Gasteiger partial charge in [0.15, 0.2) is 15.7 Å². The molecule has 7 nitrogen and oxygen atoms in total. The lowest BCUT2D eigenvalue weighted by Gasteiger charge is -2.28. The summed E-state index contributed by atoms with van der Waals surface area (Å²) in [6.45, 7) is 8.73. The van der Waals surface area contributed by atoms with E-state index < -0.39 is 9.84 Å². The average molecular weight is 313 g/mol. The largest absolute Gasteiger partial charge is 0.351 e. The van der Waals surface area contributed by atoms with Crippen molar-refractivity contribution in [2.45, 2.75) is 45.7 Å². The van der Waals surface area contributed by atoms with Crippen LogP contribution in [0.4, 0.5) is 11.8 Å². The summed E-state index contributed by atoms with van der Waals surface area (Å²) in [5.41, 5.74) is -0.159. The van der Waals surface area contributed by atoms with Gasteiger partial charge in [-0.05, 0) is 34.1 Å². The zero-order valence-electron chi connectivity index (χ0n) is 13.0. The van der Waals surface area contributed by atoms with Gasteiger partial charge in [-0.2, -0.15) is 10.1 Å². The fourth-order valence-corrected chi connectivity index (χ4v) is 4.18. The molecule has 1 aromatic rings. The van der Waals surface area contributed by atoms with Crippen molar-refractivity contribution in [1.29, 1.82) is 0 Å². The van der Waals surface area contributed by atoms with Gasteiger partial charge in [-0.3, -0.25) is 0 Å². The number of aromatic nitrogens is 3. The van der Waals surface area contributed by atoms with Crippen molar-refractivity contribution < 1.29 is 8.42 Å². The van der Waals surface area contributed by atoms with Crippen LogP contribution in [0.1, 0.15) is 34.1 Å². The fourth-order valence-electron chi connectivity index (χ4n) is 2.45. The number of hydrogen-bond donors (Lipinski definition) is 1. The number of anilines is 2. The minimum Gasteiger partial charge on any atom is -0.351 e. The fraction of sp³-hybridized carbons (Fsp3) is 0.769. The molecule has 2 heterocycles. The van der Waals surface area contributed by atoms with E-state index in [-0.39, 0.29) is 23.1 Å². The molecule has 0 radical (unpaired) electrons. The Morgan fingerprint density at radius 1 is 1.43 bits per heavy atom. The highest BCUT2D eigenvalue weighted by Crippen LogP contribution is 2.23. The zero-order valence-corrected chi connectivity index (χ0v) is 13.8. The third-order valence-electron chi connectivity index (χ3n) is 3.32. The predicted octanol–water partition coefficient (Wildman–Crippen LogP) is 1.10. The highest BCUT2D eigenvalue weighted by Gasteiger charge is 2.32. The summed E-state index contributed by atoms with van der Waals surface area (Å²) in [5, 5.41) is 11.1. The van der Waals surface area contributed by atoms with Gasteiger partial charge in [0.1, 0.15) is 0 Å². The summed E-state index contributed by atoms with van der Waals surface area (Å²) in [4.78, 5) is 6.46. The second-order valence-electron chi connectivity index (χ2n) is 6.36. The van der Waals surface area contributed by atoms with Gasteiger partial charge in [0.05, 0.1) is 17.7 Å². The van der Waals surface area contributed by atoms with Gasteiger partial charge < -0.3 is 10.2 Å². The number of nitrogens with one attached hydrogen (secondary N) is 1. The minimum atomic E-state index is -2.92. The van der Waals surface area contributed by atoms with E-state index >= 15 is 0 Å². The predicted molar refractivity (Wildman–Crippen MR) is 83.3 cm³/mol. The number of sulfone groups is 1. The third kappa shape index (κ3) is 4.26. The van der Waals surface area contributed by atoms with Crippen molar-refractivity contribution >= 4 is 21.6 Å². The smallest absolute Gasteiger partial charge is 0.245 e. The molecular formula is C13H23N5O2S. The van der Waals surface area contributed by atoms with Crippen LogP contribution in [0.2, 0.25) is 0 Å². The topological polar surface area (TPSA) is 88.1 Å². The van der Waals surface area contributed by atoms with E-state index in [0.717, 1.165) is 0 Å². The molecule has 1 aliphatic rings. The van der Waals surface area contributed by atoms with Crippen molar-refractivity contribution in [2.75, 3.05) is 28.3 Å². The molecule has 0 bridgehead atoms. The molecule has 1 unspecified atom stereocenters. The van der Waals surface area contributed by atoms with E-state index in [1.54, 1.807) is 6.20 Å². The summed E-state index contributed by atoms with van der Waals surface area (Å²) in [6, 6.07) is -0.0285. The van der Waals surface area contributed by atoms with Gasteiger partial charge in [0, 0.05) is 18.1 Å². The highest BCUT2D eigenvalue weighted by molar-refractivity contribution is 7.91. The van der Waals surface area contributed by atoms with Crippen molar-refractivity contribution in [3.63, 3.8) is 0 Å². The minimum absolute atomic E-state index is 0.0285. The van der Waals surface area contributed by atoms with Crippen molar-refractivity contribution in [1.82, 2.24) is 15.2 Å². The van der Waals surface area contributed by atoms with Crippen LogP contribution in [0.15, 0.2) is 6.20 Å². The Balaban J connectivity index is 2.21. The van der Waals surface area contributed by atoms with E-state index in [2.05, 4.69) is 20.5 Å². The van der Waals surface area contributed by atoms with Crippen LogP contribution >= 0.6 is 0 Å². The molecule has 21 heavy (non-hydrogen) atoms. The first kappa shape index (κ1) is 15.9. The lowest BCUT2D eigenvalue weighted by atomic mass is 10.1. The van der Waals surface area contributed by atoms with Gasteiger partial charge in [0.2, 0.25) is 5.95 Å².